The summed E-state index contributed by atoms with van der Waals surface area (Å²) in [6.07, 6.45) is 9.32. The van der Waals surface area contributed by atoms with E-state index in [1.807, 2.05) is 36.4 Å². The molecule has 4 nitrogen and oxygen atoms in total. The van der Waals surface area contributed by atoms with Gasteiger partial charge in [0.1, 0.15) is 5.75 Å². The Morgan fingerprint density at radius 3 is 2.63 bits per heavy atom. The maximum absolute atomic E-state index is 5.89. The molecule has 0 spiro atoms. The lowest BCUT2D eigenvalue weighted by atomic mass is 10.1. The summed E-state index contributed by atoms with van der Waals surface area (Å²) in [6, 6.07) is 16.4. The molecule has 0 radical (unpaired) electrons. The molecule has 3 aromatic rings. The number of hydrogen-bond acceptors (Lipinski definition) is 3. The van der Waals surface area contributed by atoms with Crippen molar-refractivity contribution in [2.75, 3.05) is 26.2 Å². The number of ether oxygens (including phenoxy) is 1. The first-order valence-electron chi connectivity index (χ1n) is 9.95. The first kappa shape index (κ1) is 17.8. The lowest BCUT2D eigenvalue weighted by Gasteiger charge is -2.26. The van der Waals surface area contributed by atoms with Gasteiger partial charge >= 0.3 is 0 Å². The fraction of sp³-hybridized carbons (Fsp3) is 0.348. The minimum absolute atomic E-state index is 0.783. The quantitative estimate of drug-likeness (QED) is 0.603. The number of nitrogens with one attached hydrogen (secondary N) is 1. The van der Waals surface area contributed by atoms with Crippen LogP contribution in [-0.2, 0) is 0 Å². The predicted molar refractivity (Wildman–Crippen MR) is 112 cm³/mol. The first-order valence-corrected chi connectivity index (χ1v) is 9.95. The Bertz CT molecular complexity index is 876. The molecule has 1 aliphatic heterocycles. The maximum atomic E-state index is 5.89. The summed E-state index contributed by atoms with van der Waals surface area (Å²) in [7, 11) is 0. The Morgan fingerprint density at radius 2 is 1.78 bits per heavy atom. The van der Waals surface area contributed by atoms with Crippen molar-refractivity contribution < 1.29 is 4.74 Å². The van der Waals surface area contributed by atoms with Crippen LogP contribution in [0.5, 0.6) is 5.75 Å². The van der Waals surface area contributed by atoms with E-state index in [9.17, 15) is 0 Å². The largest absolute Gasteiger partial charge is 0.494 e. The monoisotopic (exact) mass is 361 g/mol. The van der Waals surface area contributed by atoms with Crippen LogP contribution in [0.15, 0.2) is 48.5 Å². The molecule has 0 atom stereocenters. The molecule has 0 bridgehead atoms. The summed E-state index contributed by atoms with van der Waals surface area (Å²) in [5.74, 6) is 0.941. The zero-order valence-corrected chi connectivity index (χ0v) is 15.7. The Labute approximate surface area is 160 Å². The normalized spacial score (nSPS) is 15.6. The first-order chi connectivity index (χ1) is 13.4. The van der Waals surface area contributed by atoms with Gasteiger partial charge < -0.3 is 9.64 Å². The molecular formula is C23H27N3O. The summed E-state index contributed by atoms with van der Waals surface area (Å²) in [6.45, 7) is 4.45. The second kappa shape index (κ2) is 8.87. The summed E-state index contributed by atoms with van der Waals surface area (Å²) in [5, 5.41) is 8.58. The Hall–Kier alpha value is -2.59. The van der Waals surface area contributed by atoms with E-state index in [-0.39, 0.29) is 0 Å². The number of piperidine rings is 1. The fourth-order valence-corrected chi connectivity index (χ4v) is 3.62. The molecule has 2 aromatic carbocycles. The standard InChI is InChI=1S/C23H27N3O/c1-4-15-26(16-5-1)17-6-18-27-20-12-9-19(10-13-20)11-14-23-21-7-2-3-8-22(21)24-25-23/h2-3,7-14H,1,4-6,15-18H2,(H,24,25). The number of benzene rings is 2. The number of aromatic amines is 1. The van der Waals surface area contributed by atoms with Crippen LogP contribution in [0.25, 0.3) is 23.1 Å². The third-order valence-electron chi connectivity index (χ3n) is 5.15. The summed E-state index contributed by atoms with van der Waals surface area (Å²) >= 11 is 0. The van der Waals surface area contributed by atoms with Crippen molar-refractivity contribution in [1.82, 2.24) is 15.1 Å². The Kier molecular flexibility index (Phi) is 5.85. The minimum Gasteiger partial charge on any atom is -0.494 e. The van der Waals surface area contributed by atoms with E-state index in [2.05, 4.69) is 39.4 Å². The maximum Gasteiger partial charge on any atom is 0.119 e. The van der Waals surface area contributed by atoms with Crippen LogP contribution in [0.1, 0.15) is 36.9 Å². The van der Waals surface area contributed by atoms with Gasteiger partial charge in [-0.15, -0.1) is 0 Å². The van der Waals surface area contributed by atoms with Gasteiger partial charge in [0.15, 0.2) is 0 Å². The van der Waals surface area contributed by atoms with Gasteiger partial charge in [-0.25, -0.2) is 0 Å². The van der Waals surface area contributed by atoms with Gasteiger partial charge in [0.25, 0.3) is 0 Å². The van der Waals surface area contributed by atoms with Gasteiger partial charge in [0.2, 0.25) is 0 Å². The molecule has 1 aliphatic rings. The summed E-state index contributed by atoms with van der Waals surface area (Å²) < 4.78 is 5.89. The molecule has 4 rings (SSSR count). The highest BCUT2D eigenvalue weighted by atomic mass is 16.5. The second-order valence-corrected chi connectivity index (χ2v) is 7.16. The van der Waals surface area contributed by atoms with E-state index in [1.165, 1.54) is 32.4 Å². The second-order valence-electron chi connectivity index (χ2n) is 7.16. The van der Waals surface area contributed by atoms with E-state index in [1.54, 1.807) is 0 Å². The fourth-order valence-electron chi connectivity index (χ4n) is 3.62. The van der Waals surface area contributed by atoms with Crippen molar-refractivity contribution in [3.05, 3.63) is 59.8 Å². The van der Waals surface area contributed by atoms with Crippen LogP contribution in [0.3, 0.4) is 0 Å². The van der Waals surface area contributed by atoms with Crippen LogP contribution >= 0.6 is 0 Å². The van der Waals surface area contributed by atoms with Gasteiger partial charge in [-0.05, 0) is 62.2 Å². The van der Waals surface area contributed by atoms with E-state index in [4.69, 9.17) is 4.74 Å². The molecule has 0 saturated carbocycles. The molecule has 27 heavy (non-hydrogen) atoms. The van der Waals surface area contributed by atoms with Crippen molar-refractivity contribution in [3.63, 3.8) is 0 Å². The van der Waals surface area contributed by atoms with E-state index < -0.39 is 0 Å². The van der Waals surface area contributed by atoms with Crippen molar-refractivity contribution in [2.45, 2.75) is 25.7 Å². The number of fused-ring (bicyclic) bond motifs is 1. The third kappa shape index (κ3) is 4.77. The Balaban J connectivity index is 1.27. The molecule has 0 amide bonds. The van der Waals surface area contributed by atoms with E-state index in [0.29, 0.717) is 0 Å². The molecule has 1 N–H and O–H groups in total. The zero-order chi connectivity index (χ0) is 18.3. The molecule has 1 aromatic heterocycles. The Morgan fingerprint density at radius 1 is 0.963 bits per heavy atom. The molecule has 1 fully saturated rings. The van der Waals surface area contributed by atoms with Gasteiger partial charge in [-0.3, -0.25) is 5.10 Å². The topological polar surface area (TPSA) is 41.1 Å². The number of aromatic nitrogens is 2. The highest BCUT2D eigenvalue weighted by molar-refractivity contribution is 5.89. The number of nitrogens with zero attached hydrogens (tertiary/aromatic N) is 2. The van der Waals surface area contributed by atoms with E-state index in [0.717, 1.165) is 47.5 Å². The molecule has 2 heterocycles. The summed E-state index contributed by atoms with van der Waals surface area (Å²) in [5.41, 5.74) is 3.16. The van der Waals surface area contributed by atoms with Crippen molar-refractivity contribution >= 4 is 23.1 Å². The predicted octanol–water partition coefficient (Wildman–Crippen LogP) is 4.99. The molecule has 0 unspecified atom stereocenters. The number of H-pyrrole nitrogens is 1. The molecule has 1 saturated heterocycles. The van der Waals surface area contributed by atoms with Crippen LogP contribution in [0.4, 0.5) is 0 Å². The molecule has 0 aliphatic carbocycles. The number of para-hydroxylation sites is 1. The average molecular weight is 361 g/mol. The molecule has 140 valence electrons. The van der Waals surface area contributed by atoms with Crippen molar-refractivity contribution in [2.24, 2.45) is 0 Å². The zero-order valence-electron chi connectivity index (χ0n) is 15.7. The molecular weight excluding hydrogens is 334 g/mol. The van der Waals surface area contributed by atoms with Crippen LogP contribution in [0.2, 0.25) is 0 Å². The van der Waals surface area contributed by atoms with Crippen LogP contribution in [-0.4, -0.2) is 41.3 Å². The van der Waals surface area contributed by atoms with Crippen LogP contribution in [0, 0.1) is 0 Å². The highest BCUT2D eigenvalue weighted by Gasteiger charge is 2.09. The number of hydrogen-bond donors (Lipinski definition) is 1. The van der Waals surface area contributed by atoms with Crippen molar-refractivity contribution in [3.8, 4) is 5.75 Å². The number of rotatable bonds is 7. The van der Waals surface area contributed by atoms with Crippen molar-refractivity contribution in [1.29, 1.82) is 0 Å². The van der Waals surface area contributed by atoms with Gasteiger partial charge in [-0.1, -0.05) is 42.8 Å². The lowest BCUT2D eigenvalue weighted by molar-refractivity contribution is 0.205. The van der Waals surface area contributed by atoms with Gasteiger partial charge in [0, 0.05) is 11.9 Å². The highest BCUT2D eigenvalue weighted by Crippen LogP contribution is 2.19. The van der Waals surface area contributed by atoms with E-state index >= 15 is 0 Å². The SMILES string of the molecule is C(=Cc1n[nH]c2ccccc12)c1ccc(OCCCN2CCCCC2)cc1. The lowest BCUT2D eigenvalue weighted by Crippen LogP contribution is -2.31. The third-order valence-corrected chi connectivity index (χ3v) is 5.15. The average Bonchev–Trinajstić information content (AvgIpc) is 3.14. The minimum atomic E-state index is 0.783. The van der Waals surface area contributed by atoms with Gasteiger partial charge in [0.05, 0.1) is 17.8 Å². The van der Waals surface area contributed by atoms with Gasteiger partial charge in [-0.2, -0.15) is 5.10 Å². The van der Waals surface area contributed by atoms with Crippen LogP contribution < -0.4 is 4.74 Å². The smallest absolute Gasteiger partial charge is 0.119 e. The summed E-state index contributed by atoms with van der Waals surface area (Å²) in [4.78, 5) is 2.56. The number of likely N-dealkylation sites (tertiary alicyclic amines) is 1. The molecule has 4 heteroatoms.